The number of hydrogen-bond acceptors (Lipinski definition) is 6. The van der Waals surface area contributed by atoms with Crippen molar-refractivity contribution in [2.45, 2.75) is 38.5 Å². The molecule has 0 radical (unpaired) electrons. The molecular weight excluding hydrogens is 461 g/mol. The molecule has 1 aliphatic rings. The SMILES string of the molecule is CC(=O)c1ccc2c(c1)[C@H](NC(=O)c1cccc(Cl)c1)[C@H](OCOP(=O)(O)O)C(C)(C)O2. The van der Waals surface area contributed by atoms with Gasteiger partial charge in [-0.25, -0.2) is 4.57 Å². The first-order valence-electron chi connectivity index (χ1n) is 9.59. The van der Waals surface area contributed by atoms with E-state index in [1.165, 1.54) is 13.0 Å². The Kier molecular flexibility index (Phi) is 7.09. The number of halogens is 1. The fourth-order valence-electron chi connectivity index (χ4n) is 3.49. The Bertz CT molecular complexity index is 1080. The topological polar surface area (TPSA) is 131 Å². The first kappa shape index (κ1) is 24.4. The van der Waals surface area contributed by atoms with E-state index in [1.807, 2.05) is 0 Å². The first-order valence-corrected chi connectivity index (χ1v) is 11.5. The molecule has 0 aliphatic carbocycles. The van der Waals surface area contributed by atoms with Gasteiger partial charge in [0.15, 0.2) is 12.6 Å². The predicted molar refractivity (Wildman–Crippen MR) is 116 cm³/mol. The quantitative estimate of drug-likeness (QED) is 0.309. The lowest BCUT2D eigenvalue weighted by atomic mass is 9.85. The average molecular weight is 484 g/mol. The molecule has 32 heavy (non-hydrogen) atoms. The summed E-state index contributed by atoms with van der Waals surface area (Å²) >= 11 is 6.00. The molecule has 9 nitrogen and oxygen atoms in total. The summed E-state index contributed by atoms with van der Waals surface area (Å²) in [6, 6.07) is 10.4. The Labute approximate surface area is 189 Å². The van der Waals surface area contributed by atoms with Crippen LogP contribution in [0.2, 0.25) is 5.02 Å². The average Bonchev–Trinajstić information content (AvgIpc) is 2.68. The van der Waals surface area contributed by atoms with Crippen molar-refractivity contribution < 1.29 is 37.9 Å². The minimum atomic E-state index is -4.78. The number of carbonyl (C=O) groups excluding carboxylic acids is 2. The highest BCUT2D eigenvalue weighted by Crippen LogP contribution is 2.43. The molecule has 0 spiro atoms. The highest BCUT2D eigenvalue weighted by Gasteiger charge is 2.46. The molecule has 0 bridgehead atoms. The number of nitrogens with one attached hydrogen (secondary N) is 1. The fraction of sp³-hybridized carbons (Fsp3) is 0.333. The molecular formula is C21H23ClNO8P. The summed E-state index contributed by atoms with van der Waals surface area (Å²) in [7, 11) is -4.78. The molecule has 0 fully saturated rings. The molecule has 11 heteroatoms. The second-order valence-electron chi connectivity index (χ2n) is 7.80. The Morgan fingerprint density at radius 3 is 2.53 bits per heavy atom. The number of rotatable bonds is 7. The van der Waals surface area contributed by atoms with E-state index in [4.69, 9.17) is 30.9 Å². The van der Waals surface area contributed by atoms with Crippen LogP contribution >= 0.6 is 19.4 Å². The van der Waals surface area contributed by atoms with Gasteiger partial charge in [0.1, 0.15) is 17.5 Å². The van der Waals surface area contributed by atoms with Gasteiger partial charge in [0.2, 0.25) is 0 Å². The monoisotopic (exact) mass is 483 g/mol. The Hall–Kier alpha value is -2.26. The second kappa shape index (κ2) is 9.31. The number of carbonyl (C=O) groups is 2. The number of Topliss-reactive ketones (excluding diaryl/α,β-unsaturated/α-hetero) is 1. The number of ether oxygens (including phenoxy) is 2. The summed E-state index contributed by atoms with van der Waals surface area (Å²) in [6.07, 6.45) is -0.924. The summed E-state index contributed by atoms with van der Waals surface area (Å²) in [6.45, 7) is 4.08. The molecule has 172 valence electrons. The van der Waals surface area contributed by atoms with Crippen LogP contribution in [0.4, 0.5) is 0 Å². The molecule has 0 saturated carbocycles. The van der Waals surface area contributed by atoms with Crippen LogP contribution in [0, 0.1) is 0 Å². The molecule has 1 aliphatic heterocycles. The van der Waals surface area contributed by atoms with Crippen molar-refractivity contribution in [2.75, 3.05) is 6.79 Å². The lowest BCUT2D eigenvalue weighted by Crippen LogP contribution is -2.55. The zero-order valence-corrected chi connectivity index (χ0v) is 19.2. The van der Waals surface area contributed by atoms with E-state index in [0.29, 0.717) is 27.5 Å². The summed E-state index contributed by atoms with van der Waals surface area (Å²) < 4.78 is 27.2. The van der Waals surface area contributed by atoms with E-state index in [1.54, 1.807) is 50.2 Å². The van der Waals surface area contributed by atoms with Crippen molar-refractivity contribution in [1.82, 2.24) is 5.32 Å². The smallest absolute Gasteiger partial charge is 0.471 e. The number of hydrogen-bond donors (Lipinski definition) is 3. The summed E-state index contributed by atoms with van der Waals surface area (Å²) in [5.74, 6) is -0.203. The predicted octanol–water partition coefficient (Wildman–Crippen LogP) is 3.64. The number of benzene rings is 2. The van der Waals surface area contributed by atoms with Gasteiger partial charge in [-0.2, -0.15) is 0 Å². The van der Waals surface area contributed by atoms with Crippen molar-refractivity contribution in [3.63, 3.8) is 0 Å². The van der Waals surface area contributed by atoms with Gasteiger partial charge in [0.05, 0.1) is 6.04 Å². The van der Waals surface area contributed by atoms with Gasteiger partial charge >= 0.3 is 7.82 Å². The third-order valence-corrected chi connectivity index (χ3v) is 5.63. The molecule has 3 N–H and O–H groups in total. The van der Waals surface area contributed by atoms with Gasteiger partial charge in [-0.15, -0.1) is 0 Å². The summed E-state index contributed by atoms with van der Waals surface area (Å²) in [5, 5.41) is 3.26. The van der Waals surface area contributed by atoms with Crippen LogP contribution < -0.4 is 10.1 Å². The molecule has 0 aromatic heterocycles. The molecule has 1 amide bonds. The number of phosphoric ester groups is 1. The van der Waals surface area contributed by atoms with Crippen LogP contribution in [-0.2, 0) is 13.8 Å². The molecule has 3 rings (SSSR count). The molecule has 2 aromatic rings. The summed E-state index contributed by atoms with van der Waals surface area (Å²) in [4.78, 5) is 42.9. The third-order valence-electron chi connectivity index (χ3n) is 4.95. The molecule has 1 heterocycles. The minimum absolute atomic E-state index is 0.181. The molecule has 2 aromatic carbocycles. The minimum Gasteiger partial charge on any atom is -0.485 e. The maximum Gasteiger partial charge on any atom is 0.471 e. The van der Waals surface area contributed by atoms with Gasteiger partial charge in [-0.05, 0) is 57.2 Å². The lowest BCUT2D eigenvalue weighted by Gasteiger charge is -2.44. The Morgan fingerprint density at radius 2 is 1.91 bits per heavy atom. The standard InChI is InChI=1S/C21H23ClNO8P/c1-12(24)13-7-8-17-16(10-13)18(23-20(25)14-5-4-6-15(22)9-14)19(21(2,3)31-17)29-11-30-32(26,27)28/h4-10,18-19H,11H2,1-3H3,(H,23,25)(H2,26,27,28)/t18-,19-/m0/s1. The van der Waals surface area contributed by atoms with Crippen molar-refractivity contribution in [2.24, 2.45) is 0 Å². The molecule has 2 atom stereocenters. The van der Waals surface area contributed by atoms with Gasteiger partial charge in [-0.3, -0.25) is 14.1 Å². The van der Waals surface area contributed by atoms with Crippen LogP contribution in [0.25, 0.3) is 0 Å². The van der Waals surface area contributed by atoms with E-state index < -0.39 is 38.3 Å². The number of phosphoric acid groups is 1. The van der Waals surface area contributed by atoms with Crippen LogP contribution in [-0.4, -0.2) is 40.0 Å². The first-order chi connectivity index (χ1) is 14.9. The van der Waals surface area contributed by atoms with Crippen LogP contribution in [0.3, 0.4) is 0 Å². The second-order valence-corrected chi connectivity index (χ2v) is 9.48. The maximum absolute atomic E-state index is 13.0. The van der Waals surface area contributed by atoms with Crippen LogP contribution in [0.1, 0.15) is 53.1 Å². The molecule has 0 saturated heterocycles. The van der Waals surface area contributed by atoms with Crippen molar-refractivity contribution in [1.29, 1.82) is 0 Å². The van der Waals surface area contributed by atoms with Crippen molar-refractivity contribution in [3.05, 3.63) is 64.2 Å². The third kappa shape index (κ3) is 5.75. The Morgan fingerprint density at radius 1 is 1.19 bits per heavy atom. The lowest BCUT2D eigenvalue weighted by molar-refractivity contribution is -0.141. The van der Waals surface area contributed by atoms with Crippen LogP contribution in [0.5, 0.6) is 5.75 Å². The van der Waals surface area contributed by atoms with Crippen molar-refractivity contribution >= 4 is 31.1 Å². The number of fused-ring (bicyclic) bond motifs is 1. The number of ketones is 1. The van der Waals surface area contributed by atoms with E-state index >= 15 is 0 Å². The van der Waals surface area contributed by atoms with E-state index in [2.05, 4.69) is 9.84 Å². The number of amides is 1. The highest BCUT2D eigenvalue weighted by molar-refractivity contribution is 7.46. The molecule has 0 unspecified atom stereocenters. The van der Waals surface area contributed by atoms with Gasteiger partial charge in [0.25, 0.3) is 5.91 Å². The van der Waals surface area contributed by atoms with E-state index in [9.17, 15) is 14.2 Å². The van der Waals surface area contributed by atoms with Gasteiger partial charge in [0, 0.05) is 21.7 Å². The normalized spacial score (nSPS) is 19.6. The Balaban J connectivity index is 2.01. The zero-order valence-electron chi connectivity index (χ0n) is 17.6. The van der Waals surface area contributed by atoms with E-state index in [0.717, 1.165) is 0 Å². The van der Waals surface area contributed by atoms with Crippen molar-refractivity contribution in [3.8, 4) is 5.75 Å². The highest BCUT2D eigenvalue weighted by atomic mass is 35.5. The van der Waals surface area contributed by atoms with E-state index in [-0.39, 0.29) is 5.78 Å². The van der Waals surface area contributed by atoms with Crippen LogP contribution in [0.15, 0.2) is 42.5 Å². The fourth-order valence-corrected chi connectivity index (χ4v) is 3.87. The maximum atomic E-state index is 13.0. The van der Waals surface area contributed by atoms with Gasteiger partial charge < -0.3 is 24.6 Å². The summed E-state index contributed by atoms with van der Waals surface area (Å²) in [5.41, 5.74) is 0.152. The largest absolute Gasteiger partial charge is 0.485 e. The zero-order chi connectivity index (χ0) is 23.7. The van der Waals surface area contributed by atoms with Gasteiger partial charge in [-0.1, -0.05) is 17.7 Å².